The van der Waals surface area contributed by atoms with Crippen molar-refractivity contribution in [3.8, 4) is 0 Å². The Bertz CT molecular complexity index is 1460. The summed E-state index contributed by atoms with van der Waals surface area (Å²) in [5, 5.41) is 15.3. The van der Waals surface area contributed by atoms with Crippen LogP contribution in [0.25, 0.3) is 5.57 Å². The van der Waals surface area contributed by atoms with Crippen LogP contribution in [0.3, 0.4) is 0 Å². The maximum atomic E-state index is 13.1. The van der Waals surface area contributed by atoms with Crippen LogP contribution in [0.1, 0.15) is 35.1 Å². The van der Waals surface area contributed by atoms with Crippen molar-refractivity contribution in [2.45, 2.75) is 31.5 Å². The van der Waals surface area contributed by atoms with E-state index in [9.17, 15) is 27.9 Å². The molecule has 206 valence electrons. The van der Waals surface area contributed by atoms with E-state index in [1.807, 2.05) is 12.1 Å². The Labute approximate surface area is 229 Å². The number of anilines is 3. The second kappa shape index (κ2) is 11.4. The number of fused-ring (bicyclic) bond motifs is 1. The van der Waals surface area contributed by atoms with E-state index in [-0.39, 0.29) is 6.42 Å². The van der Waals surface area contributed by atoms with Crippen LogP contribution in [-0.2, 0) is 22.2 Å². The summed E-state index contributed by atoms with van der Waals surface area (Å²) in [6, 6.07) is 13.6. The predicted octanol–water partition coefficient (Wildman–Crippen LogP) is 5.18. The van der Waals surface area contributed by atoms with Gasteiger partial charge in [0.1, 0.15) is 11.9 Å². The lowest BCUT2D eigenvalue weighted by atomic mass is 9.97. The number of aromatic nitrogens is 1. The van der Waals surface area contributed by atoms with Gasteiger partial charge in [0.2, 0.25) is 5.91 Å². The minimum atomic E-state index is -4.45. The summed E-state index contributed by atoms with van der Waals surface area (Å²) in [6.07, 6.45) is 2.77. The van der Waals surface area contributed by atoms with Gasteiger partial charge in [-0.15, -0.1) is 0 Å². The van der Waals surface area contributed by atoms with Crippen molar-refractivity contribution in [3.05, 3.63) is 101 Å². The number of nitrogens with zero attached hydrogens (tertiary/aromatic N) is 2. The third-order valence-electron chi connectivity index (χ3n) is 6.91. The summed E-state index contributed by atoms with van der Waals surface area (Å²) in [5.74, 6) is -0.111. The zero-order valence-corrected chi connectivity index (χ0v) is 21.4. The van der Waals surface area contributed by atoms with Crippen LogP contribution in [0.4, 0.5) is 30.4 Å². The first-order chi connectivity index (χ1) is 19.2. The predicted molar refractivity (Wildman–Crippen MR) is 147 cm³/mol. The van der Waals surface area contributed by atoms with Gasteiger partial charge in [0, 0.05) is 54.3 Å². The Morgan fingerprint density at radius 2 is 1.77 bits per heavy atom. The number of rotatable bonds is 6. The van der Waals surface area contributed by atoms with Gasteiger partial charge >= 0.3 is 6.18 Å². The molecule has 3 heterocycles. The largest absolute Gasteiger partial charge is 0.416 e. The van der Waals surface area contributed by atoms with E-state index < -0.39 is 29.7 Å². The molecule has 0 saturated carbocycles. The Balaban J connectivity index is 1.39. The van der Waals surface area contributed by atoms with Gasteiger partial charge in [-0.3, -0.25) is 9.59 Å². The van der Waals surface area contributed by atoms with E-state index in [2.05, 4.69) is 20.5 Å². The molecule has 0 radical (unpaired) electrons. The maximum Gasteiger partial charge on any atom is 0.416 e. The molecule has 3 N–H and O–H groups in total. The zero-order valence-electron chi connectivity index (χ0n) is 21.4. The van der Waals surface area contributed by atoms with Crippen molar-refractivity contribution >= 4 is 34.6 Å². The minimum absolute atomic E-state index is 0.0692. The van der Waals surface area contributed by atoms with Crippen molar-refractivity contribution in [1.29, 1.82) is 0 Å². The minimum Gasteiger partial charge on any atom is -0.383 e. The molecular weight excluding hydrogens is 521 g/mol. The van der Waals surface area contributed by atoms with Crippen molar-refractivity contribution in [1.82, 2.24) is 4.98 Å². The molecule has 0 bridgehead atoms. The molecule has 2 aliphatic rings. The fourth-order valence-electron chi connectivity index (χ4n) is 4.83. The zero-order chi connectivity index (χ0) is 28.3. The Kier molecular flexibility index (Phi) is 7.70. The van der Waals surface area contributed by atoms with E-state index >= 15 is 0 Å². The van der Waals surface area contributed by atoms with Crippen LogP contribution in [0, 0.1) is 0 Å². The van der Waals surface area contributed by atoms with Crippen LogP contribution >= 0.6 is 0 Å². The summed E-state index contributed by atoms with van der Waals surface area (Å²) in [7, 11) is 0. The number of carbonyl (C=O) groups is 2. The molecule has 2 aromatic carbocycles. The number of halogens is 3. The fourth-order valence-corrected chi connectivity index (χ4v) is 4.83. The lowest BCUT2D eigenvalue weighted by Crippen LogP contribution is -2.34. The number of allylic oxidation sites excluding steroid dienone is 2. The third-order valence-corrected chi connectivity index (χ3v) is 6.91. The molecule has 0 spiro atoms. The Morgan fingerprint density at radius 1 is 1.05 bits per heavy atom. The molecule has 7 nitrogen and oxygen atoms in total. The fraction of sp³-hybridized carbons (Fsp3) is 0.233. The van der Waals surface area contributed by atoms with Gasteiger partial charge in [-0.1, -0.05) is 30.4 Å². The lowest BCUT2D eigenvalue weighted by Gasteiger charge is -2.23. The van der Waals surface area contributed by atoms with Crippen LogP contribution in [0.2, 0.25) is 0 Å². The molecule has 40 heavy (non-hydrogen) atoms. The van der Waals surface area contributed by atoms with Crippen molar-refractivity contribution < 1.29 is 27.9 Å². The molecule has 1 aromatic heterocycles. The van der Waals surface area contributed by atoms with Crippen molar-refractivity contribution in [2.24, 2.45) is 0 Å². The quantitative estimate of drug-likeness (QED) is 0.292. The number of benzene rings is 2. The van der Waals surface area contributed by atoms with Crippen LogP contribution in [0.5, 0.6) is 0 Å². The highest BCUT2D eigenvalue weighted by Crippen LogP contribution is 2.32. The molecule has 3 aromatic rings. The molecule has 0 aliphatic carbocycles. The molecule has 1 unspecified atom stereocenters. The average Bonchev–Trinajstić information content (AvgIpc) is 3.47. The standard InChI is InChI=1S/C30H27F3N4O3/c31-30(32,33)21-12-9-19(10-13-21)22(20-11-14-27(34-18-20)37-15-1-2-16-37)5-3-8-28(39)35-24-6-4-7-25-23(24)17-26(38)29(40)36-25/h3-14,18,26,38H,1-2,15-17H2,(H,35,39)(H,36,40)/b8-3+,22-5+. The van der Waals surface area contributed by atoms with Gasteiger partial charge in [-0.25, -0.2) is 4.98 Å². The summed E-state index contributed by atoms with van der Waals surface area (Å²) in [5.41, 5.74) is 2.67. The molecular formula is C30H27F3N4O3. The second-order valence-electron chi connectivity index (χ2n) is 9.64. The van der Waals surface area contributed by atoms with Gasteiger partial charge in [0.25, 0.3) is 5.91 Å². The molecule has 1 atom stereocenters. The first-order valence-corrected chi connectivity index (χ1v) is 12.9. The first kappa shape index (κ1) is 27.1. The van der Waals surface area contributed by atoms with E-state index in [1.54, 1.807) is 30.5 Å². The van der Waals surface area contributed by atoms with Crippen molar-refractivity contribution in [2.75, 3.05) is 28.6 Å². The van der Waals surface area contributed by atoms with E-state index in [1.165, 1.54) is 24.3 Å². The summed E-state index contributed by atoms with van der Waals surface area (Å²) in [4.78, 5) is 31.2. The monoisotopic (exact) mass is 548 g/mol. The summed E-state index contributed by atoms with van der Waals surface area (Å²) >= 11 is 0. The van der Waals surface area contributed by atoms with Gasteiger partial charge in [0.15, 0.2) is 0 Å². The molecule has 1 saturated heterocycles. The van der Waals surface area contributed by atoms with E-state index in [0.717, 1.165) is 43.9 Å². The number of aliphatic hydroxyl groups excluding tert-OH is 1. The Morgan fingerprint density at radius 3 is 2.45 bits per heavy atom. The highest BCUT2D eigenvalue weighted by molar-refractivity contribution is 6.03. The normalized spacial score (nSPS) is 17.6. The topological polar surface area (TPSA) is 94.6 Å². The highest BCUT2D eigenvalue weighted by atomic mass is 19.4. The number of alkyl halides is 3. The number of amides is 2. The maximum absolute atomic E-state index is 13.1. The van der Waals surface area contributed by atoms with Gasteiger partial charge in [-0.05, 0) is 60.4 Å². The molecule has 1 fully saturated rings. The third kappa shape index (κ3) is 6.07. The molecule has 2 amide bonds. The molecule has 2 aliphatic heterocycles. The summed E-state index contributed by atoms with van der Waals surface area (Å²) < 4.78 is 39.4. The second-order valence-corrected chi connectivity index (χ2v) is 9.64. The lowest BCUT2D eigenvalue weighted by molar-refractivity contribution is -0.137. The Hall–Kier alpha value is -4.44. The number of carbonyl (C=O) groups excluding carboxylic acids is 2. The smallest absolute Gasteiger partial charge is 0.383 e. The first-order valence-electron chi connectivity index (χ1n) is 12.9. The van der Waals surface area contributed by atoms with Crippen LogP contribution in [-0.4, -0.2) is 41.1 Å². The number of aliphatic hydroxyl groups is 1. The average molecular weight is 549 g/mol. The van der Waals surface area contributed by atoms with Gasteiger partial charge in [0.05, 0.1) is 5.56 Å². The summed E-state index contributed by atoms with van der Waals surface area (Å²) in [6.45, 7) is 1.86. The van der Waals surface area contributed by atoms with Gasteiger partial charge < -0.3 is 20.6 Å². The van der Waals surface area contributed by atoms with E-state index in [0.29, 0.717) is 33.6 Å². The van der Waals surface area contributed by atoms with Gasteiger partial charge in [-0.2, -0.15) is 13.2 Å². The van der Waals surface area contributed by atoms with E-state index in [4.69, 9.17) is 0 Å². The molecule has 5 rings (SSSR count). The SMILES string of the molecule is O=C(/C=C/C=C(\c1ccc(C(F)(F)F)cc1)c1ccc(N2CCCC2)nc1)Nc1cccc2c1CC(O)C(=O)N2. The number of hydrogen-bond acceptors (Lipinski definition) is 5. The number of nitrogens with one attached hydrogen (secondary N) is 2. The highest BCUT2D eigenvalue weighted by Gasteiger charge is 2.30. The molecule has 10 heteroatoms. The van der Waals surface area contributed by atoms with Crippen LogP contribution in [0.15, 0.2) is 79.0 Å². The number of pyridine rings is 1. The number of hydrogen-bond donors (Lipinski definition) is 3. The van der Waals surface area contributed by atoms with Crippen LogP contribution < -0.4 is 15.5 Å². The van der Waals surface area contributed by atoms with Crippen molar-refractivity contribution in [3.63, 3.8) is 0 Å².